The summed E-state index contributed by atoms with van der Waals surface area (Å²) in [6.07, 6.45) is -0.772. The van der Waals surface area contributed by atoms with Gasteiger partial charge in [-0.2, -0.15) is 13.2 Å². The minimum absolute atomic E-state index is 0.239. The Morgan fingerprint density at radius 3 is 2.74 bits per heavy atom. The molecule has 11 heteroatoms. The van der Waals surface area contributed by atoms with E-state index in [1.807, 2.05) is 13.0 Å². The predicted octanol–water partition coefficient (Wildman–Crippen LogP) is 5.85. The Hall–Kier alpha value is -4.25. The molecular formula is C28H27F3N6O2. The van der Waals surface area contributed by atoms with Gasteiger partial charge in [0.2, 0.25) is 17.7 Å². The highest BCUT2D eigenvalue weighted by atomic mass is 19.4. The van der Waals surface area contributed by atoms with Crippen LogP contribution >= 0.6 is 0 Å². The van der Waals surface area contributed by atoms with E-state index in [2.05, 4.69) is 25.9 Å². The summed E-state index contributed by atoms with van der Waals surface area (Å²) in [4.78, 5) is 25.5. The van der Waals surface area contributed by atoms with Crippen LogP contribution in [0.2, 0.25) is 0 Å². The second-order valence-electron chi connectivity index (χ2n) is 9.36. The van der Waals surface area contributed by atoms with Gasteiger partial charge >= 0.3 is 6.18 Å². The molecule has 1 fully saturated rings. The quantitative estimate of drug-likeness (QED) is 0.273. The van der Waals surface area contributed by atoms with E-state index in [4.69, 9.17) is 9.72 Å². The monoisotopic (exact) mass is 536 g/mol. The lowest BCUT2D eigenvalue weighted by atomic mass is 10.0. The summed E-state index contributed by atoms with van der Waals surface area (Å²) in [5, 5.41) is 10.3. The first-order chi connectivity index (χ1) is 18.8. The van der Waals surface area contributed by atoms with Gasteiger partial charge in [0.05, 0.1) is 11.3 Å². The van der Waals surface area contributed by atoms with Gasteiger partial charge in [-0.25, -0.2) is 15.0 Å². The molecule has 1 saturated heterocycles. The maximum Gasteiger partial charge on any atom is 0.397 e. The summed E-state index contributed by atoms with van der Waals surface area (Å²) < 4.78 is 44.4. The van der Waals surface area contributed by atoms with Gasteiger partial charge in [0.1, 0.15) is 12.2 Å². The van der Waals surface area contributed by atoms with Crippen LogP contribution < -0.4 is 20.7 Å². The average Bonchev–Trinajstić information content (AvgIpc) is 2.90. The molecule has 3 heterocycles. The molecule has 8 nitrogen and oxygen atoms in total. The van der Waals surface area contributed by atoms with Crippen molar-refractivity contribution in [3.05, 3.63) is 66.5 Å². The van der Waals surface area contributed by atoms with Gasteiger partial charge in [0.25, 0.3) is 0 Å². The van der Waals surface area contributed by atoms with Crippen LogP contribution in [-0.2, 0) is 4.79 Å². The van der Waals surface area contributed by atoms with Crippen LogP contribution in [-0.4, -0.2) is 46.2 Å². The van der Waals surface area contributed by atoms with Crippen molar-refractivity contribution in [2.45, 2.75) is 38.4 Å². The molecule has 0 spiro atoms. The number of fused-ring (bicyclic) bond motifs is 1. The van der Waals surface area contributed by atoms with Gasteiger partial charge in [-0.3, -0.25) is 4.79 Å². The number of anilines is 2. The first-order valence-electron chi connectivity index (χ1n) is 12.6. The number of halogens is 3. The third-order valence-electron chi connectivity index (χ3n) is 6.38. The first-order valence-corrected chi connectivity index (χ1v) is 12.6. The van der Waals surface area contributed by atoms with Crippen molar-refractivity contribution in [2.75, 3.05) is 23.7 Å². The molecule has 0 bridgehead atoms. The Bertz CT molecular complexity index is 1490. The van der Waals surface area contributed by atoms with Crippen molar-refractivity contribution < 1.29 is 22.7 Å². The number of aryl methyl sites for hydroxylation is 1. The topological polar surface area (TPSA) is 101 Å². The van der Waals surface area contributed by atoms with Gasteiger partial charge in [0, 0.05) is 41.4 Å². The largest absolute Gasteiger partial charge is 0.437 e. The summed E-state index contributed by atoms with van der Waals surface area (Å²) in [7, 11) is 0. The number of carbonyl (C=O) groups excluding carboxylic acids is 1. The van der Waals surface area contributed by atoms with E-state index in [0.717, 1.165) is 31.5 Å². The summed E-state index contributed by atoms with van der Waals surface area (Å²) in [5.74, 6) is 0.155. The lowest BCUT2D eigenvalue weighted by Crippen LogP contribution is -2.38. The fourth-order valence-corrected chi connectivity index (χ4v) is 4.56. The van der Waals surface area contributed by atoms with Crippen LogP contribution in [0, 0.1) is 6.92 Å². The van der Waals surface area contributed by atoms with Crippen molar-refractivity contribution in [2.24, 2.45) is 0 Å². The third-order valence-corrected chi connectivity index (χ3v) is 6.38. The molecule has 39 heavy (non-hydrogen) atoms. The van der Waals surface area contributed by atoms with Crippen LogP contribution in [0.15, 0.2) is 60.9 Å². The lowest BCUT2D eigenvalue weighted by molar-refractivity contribution is -0.150. The highest BCUT2D eigenvalue weighted by Gasteiger charge is 2.31. The Labute approximate surface area is 223 Å². The molecular weight excluding hydrogens is 509 g/mol. The van der Waals surface area contributed by atoms with Crippen molar-refractivity contribution in [1.29, 1.82) is 0 Å². The van der Waals surface area contributed by atoms with E-state index >= 15 is 0 Å². The van der Waals surface area contributed by atoms with E-state index in [1.165, 1.54) is 0 Å². The normalized spacial score (nSPS) is 15.6. The van der Waals surface area contributed by atoms with Crippen LogP contribution in [0.1, 0.15) is 24.8 Å². The van der Waals surface area contributed by atoms with Crippen molar-refractivity contribution >= 4 is 28.3 Å². The van der Waals surface area contributed by atoms with Gasteiger partial charge in [0.15, 0.2) is 0 Å². The van der Waals surface area contributed by atoms with E-state index in [1.54, 1.807) is 54.9 Å². The van der Waals surface area contributed by atoms with Crippen molar-refractivity contribution in [1.82, 2.24) is 20.3 Å². The van der Waals surface area contributed by atoms with E-state index < -0.39 is 18.5 Å². The van der Waals surface area contributed by atoms with Crippen LogP contribution in [0.4, 0.5) is 24.8 Å². The Morgan fingerprint density at radius 2 is 1.95 bits per heavy atom. The molecule has 1 amide bonds. The predicted molar refractivity (Wildman–Crippen MR) is 143 cm³/mol. The minimum Gasteiger partial charge on any atom is -0.437 e. The van der Waals surface area contributed by atoms with Gasteiger partial charge in [-0.05, 0) is 56.1 Å². The molecule has 4 aromatic rings. The second-order valence-corrected chi connectivity index (χ2v) is 9.36. The van der Waals surface area contributed by atoms with Gasteiger partial charge in [-0.15, -0.1) is 0 Å². The number of rotatable bonds is 7. The summed E-state index contributed by atoms with van der Waals surface area (Å²) >= 11 is 0. The Kier molecular flexibility index (Phi) is 7.60. The van der Waals surface area contributed by atoms with E-state index in [0.29, 0.717) is 39.6 Å². The number of pyridine rings is 1. The van der Waals surface area contributed by atoms with Crippen molar-refractivity contribution in [3.63, 3.8) is 0 Å². The number of carbonyl (C=O) groups is 1. The molecule has 2 aromatic heterocycles. The number of benzene rings is 2. The number of amides is 1. The van der Waals surface area contributed by atoms with E-state index in [-0.39, 0.29) is 11.7 Å². The fraction of sp³-hybridized carbons (Fsp3) is 0.286. The number of piperidine rings is 1. The lowest BCUT2D eigenvalue weighted by Gasteiger charge is -2.23. The Balaban J connectivity index is 1.45. The number of aromatic nitrogens is 3. The zero-order chi connectivity index (χ0) is 27.4. The van der Waals surface area contributed by atoms with Crippen molar-refractivity contribution in [3.8, 4) is 22.9 Å². The Morgan fingerprint density at radius 1 is 1.08 bits per heavy atom. The average molecular weight is 537 g/mol. The SMILES string of the molecule is Cc1ccc2c(NC(=O)CC(F)(F)F)cccc2c1Oc1ncccc1-c1ccnc(N[C@H]2CCCNC2)n1. The number of nitrogens with zero attached hydrogens (tertiary/aromatic N) is 3. The molecule has 0 saturated carbocycles. The summed E-state index contributed by atoms with van der Waals surface area (Å²) in [6, 6.07) is 14.2. The highest BCUT2D eigenvalue weighted by Crippen LogP contribution is 2.38. The van der Waals surface area contributed by atoms with Gasteiger partial charge < -0.3 is 20.7 Å². The zero-order valence-corrected chi connectivity index (χ0v) is 21.2. The molecule has 2 aromatic carbocycles. The molecule has 3 N–H and O–H groups in total. The second kappa shape index (κ2) is 11.2. The molecule has 1 atom stereocenters. The minimum atomic E-state index is -4.60. The van der Waals surface area contributed by atoms with Crippen LogP contribution in [0.5, 0.6) is 11.6 Å². The molecule has 1 aliphatic heterocycles. The van der Waals surface area contributed by atoms with Crippen LogP contribution in [0.3, 0.4) is 0 Å². The standard InChI is InChI=1S/C28H27F3N6O2/c1-17-9-10-19-20(6-2-8-22(19)36-24(38)15-28(29,30)31)25(17)39-26-21(7-4-13-33-26)23-11-14-34-27(37-23)35-18-5-3-12-32-16-18/h2,4,6-11,13-14,18,32H,3,5,12,15-16H2,1H3,(H,36,38)(H,34,35,37)/t18-/m0/s1. The number of hydrogen-bond acceptors (Lipinski definition) is 7. The zero-order valence-electron chi connectivity index (χ0n) is 21.2. The number of alkyl halides is 3. The highest BCUT2D eigenvalue weighted by molar-refractivity contribution is 6.04. The fourth-order valence-electron chi connectivity index (χ4n) is 4.56. The molecule has 1 aliphatic rings. The molecule has 0 radical (unpaired) electrons. The third kappa shape index (κ3) is 6.43. The smallest absolute Gasteiger partial charge is 0.397 e. The number of hydrogen-bond donors (Lipinski definition) is 3. The first kappa shape index (κ1) is 26.4. The molecule has 0 unspecified atom stereocenters. The van der Waals surface area contributed by atoms with Gasteiger partial charge in [-0.1, -0.05) is 24.3 Å². The summed E-state index contributed by atoms with van der Waals surface area (Å²) in [6.45, 7) is 3.70. The van der Waals surface area contributed by atoms with Crippen LogP contribution in [0.25, 0.3) is 22.0 Å². The molecule has 5 rings (SSSR count). The number of nitrogens with one attached hydrogen (secondary N) is 3. The molecule has 0 aliphatic carbocycles. The summed E-state index contributed by atoms with van der Waals surface area (Å²) in [5.41, 5.74) is 2.32. The van der Waals surface area contributed by atoms with E-state index in [9.17, 15) is 18.0 Å². The maximum absolute atomic E-state index is 12.7. The number of ether oxygens (including phenoxy) is 1. The maximum atomic E-state index is 12.7. The molecule has 202 valence electrons.